The maximum atomic E-state index is 8.12. The lowest BCUT2D eigenvalue weighted by molar-refractivity contribution is 1.44. The summed E-state index contributed by atoms with van der Waals surface area (Å²) in [6.07, 6.45) is 0. The SMILES string of the molecule is CNc1cccc(N=[N+]=[N-])c1. The lowest BCUT2D eigenvalue weighted by atomic mass is 10.3. The molecule has 1 rings (SSSR count). The minimum Gasteiger partial charge on any atom is -0.388 e. The van der Waals surface area contributed by atoms with Gasteiger partial charge in [-0.2, -0.15) is 0 Å². The second-order valence-corrected chi connectivity index (χ2v) is 1.99. The molecule has 0 aliphatic heterocycles. The van der Waals surface area contributed by atoms with Gasteiger partial charge in [-0.25, -0.2) is 0 Å². The van der Waals surface area contributed by atoms with E-state index in [2.05, 4.69) is 15.3 Å². The van der Waals surface area contributed by atoms with Crippen molar-refractivity contribution >= 4 is 11.4 Å². The Hall–Kier alpha value is -1.67. The molecule has 0 radical (unpaired) electrons. The van der Waals surface area contributed by atoms with Crippen molar-refractivity contribution in [3.63, 3.8) is 0 Å². The minimum absolute atomic E-state index is 0.624. The first-order chi connectivity index (χ1) is 5.36. The number of hydrogen-bond acceptors (Lipinski definition) is 2. The van der Waals surface area contributed by atoms with Gasteiger partial charge in [-0.05, 0) is 17.7 Å². The molecule has 0 unspecified atom stereocenters. The summed E-state index contributed by atoms with van der Waals surface area (Å²) < 4.78 is 0. The van der Waals surface area contributed by atoms with Gasteiger partial charge in [0.15, 0.2) is 0 Å². The van der Waals surface area contributed by atoms with Crippen LogP contribution in [0.5, 0.6) is 0 Å². The highest BCUT2D eigenvalue weighted by atomic mass is 15.1. The van der Waals surface area contributed by atoms with Gasteiger partial charge >= 0.3 is 0 Å². The zero-order valence-corrected chi connectivity index (χ0v) is 6.15. The molecule has 0 bridgehead atoms. The maximum Gasteiger partial charge on any atom is 0.0395 e. The normalized spacial score (nSPS) is 8.45. The first kappa shape index (κ1) is 7.44. The molecule has 56 valence electrons. The van der Waals surface area contributed by atoms with Crippen molar-refractivity contribution in [2.75, 3.05) is 12.4 Å². The van der Waals surface area contributed by atoms with Gasteiger partial charge in [0.1, 0.15) is 0 Å². The van der Waals surface area contributed by atoms with Crippen molar-refractivity contribution < 1.29 is 0 Å². The van der Waals surface area contributed by atoms with Crippen LogP contribution in [0.25, 0.3) is 10.4 Å². The predicted octanol–water partition coefficient (Wildman–Crippen LogP) is 2.67. The van der Waals surface area contributed by atoms with Gasteiger partial charge in [-0.15, -0.1) is 0 Å². The monoisotopic (exact) mass is 148 g/mol. The van der Waals surface area contributed by atoms with Gasteiger partial charge in [-0.1, -0.05) is 17.2 Å². The van der Waals surface area contributed by atoms with Crippen molar-refractivity contribution in [3.8, 4) is 0 Å². The third-order valence-electron chi connectivity index (χ3n) is 1.30. The molecule has 0 aliphatic rings. The Morgan fingerprint density at radius 2 is 2.36 bits per heavy atom. The molecule has 4 nitrogen and oxygen atoms in total. The van der Waals surface area contributed by atoms with Gasteiger partial charge < -0.3 is 5.32 Å². The van der Waals surface area contributed by atoms with Crippen LogP contribution < -0.4 is 5.32 Å². The highest BCUT2D eigenvalue weighted by Crippen LogP contribution is 2.16. The van der Waals surface area contributed by atoms with Crippen LogP contribution in [-0.2, 0) is 0 Å². The summed E-state index contributed by atoms with van der Waals surface area (Å²) in [6.45, 7) is 0. The number of benzene rings is 1. The van der Waals surface area contributed by atoms with Crippen LogP contribution in [0.4, 0.5) is 11.4 Å². The smallest absolute Gasteiger partial charge is 0.0395 e. The van der Waals surface area contributed by atoms with Gasteiger partial charge in [0.05, 0.1) is 0 Å². The largest absolute Gasteiger partial charge is 0.388 e. The summed E-state index contributed by atoms with van der Waals surface area (Å²) >= 11 is 0. The molecule has 1 N–H and O–H groups in total. The third kappa shape index (κ3) is 1.88. The number of azide groups is 1. The Morgan fingerprint density at radius 1 is 1.55 bits per heavy atom. The number of nitrogens with one attached hydrogen (secondary N) is 1. The molecule has 0 fully saturated rings. The molecule has 0 heterocycles. The molecular formula is C7H8N4. The summed E-state index contributed by atoms with van der Waals surface area (Å²) in [5, 5.41) is 6.40. The van der Waals surface area contributed by atoms with Crippen LogP contribution in [0.15, 0.2) is 29.4 Å². The van der Waals surface area contributed by atoms with Crippen LogP contribution in [0.3, 0.4) is 0 Å². The van der Waals surface area contributed by atoms with E-state index in [1.54, 1.807) is 12.1 Å². The maximum absolute atomic E-state index is 8.12. The first-order valence-corrected chi connectivity index (χ1v) is 3.19. The Bertz CT molecular complexity index is 288. The fourth-order valence-electron chi connectivity index (χ4n) is 0.775. The Balaban J connectivity index is 3.00. The zero-order valence-electron chi connectivity index (χ0n) is 6.15. The van der Waals surface area contributed by atoms with Crippen molar-refractivity contribution in [1.29, 1.82) is 0 Å². The van der Waals surface area contributed by atoms with E-state index in [1.165, 1.54) is 0 Å². The molecule has 0 spiro atoms. The Morgan fingerprint density at radius 3 is 3.00 bits per heavy atom. The highest BCUT2D eigenvalue weighted by molar-refractivity contribution is 5.53. The highest BCUT2D eigenvalue weighted by Gasteiger charge is 1.88. The van der Waals surface area contributed by atoms with E-state index >= 15 is 0 Å². The predicted molar refractivity (Wildman–Crippen MR) is 44.8 cm³/mol. The van der Waals surface area contributed by atoms with Crippen LogP contribution >= 0.6 is 0 Å². The summed E-state index contributed by atoms with van der Waals surface area (Å²) in [5.41, 5.74) is 9.69. The molecular weight excluding hydrogens is 140 g/mol. The van der Waals surface area contributed by atoms with E-state index in [0.717, 1.165) is 5.69 Å². The van der Waals surface area contributed by atoms with Crippen LogP contribution in [-0.4, -0.2) is 7.05 Å². The second kappa shape index (κ2) is 3.49. The Kier molecular flexibility index (Phi) is 2.36. The molecule has 0 saturated carbocycles. The Labute approximate surface area is 64.5 Å². The lowest BCUT2D eigenvalue weighted by Gasteiger charge is -1.98. The van der Waals surface area contributed by atoms with Gasteiger partial charge in [-0.3, -0.25) is 0 Å². The molecule has 11 heavy (non-hydrogen) atoms. The number of hydrogen-bond donors (Lipinski definition) is 1. The molecule has 0 aliphatic carbocycles. The van der Waals surface area contributed by atoms with Crippen molar-refractivity contribution in [1.82, 2.24) is 0 Å². The molecule has 1 aromatic carbocycles. The van der Waals surface area contributed by atoms with E-state index in [9.17, 15) is 0 Å². The van der Waals surface area contributed by atoms with E-state index < -0.39 is 0 Å². The van der Waals surface area contributed by atoms with E-state index in [1.807, 2.05) is 19.2 Å². The van der Waals surface area contributed by atoms with E-state index in [4.69, 9.17) is 5.53 Å². The molecule has 0 amide bonds. The van der Waals surface area contributed by atoms with Crippen molar-refractivity contribution in [2.24, 2.45) is 5.11 Å². The van der Waals surface area contributed by atoms with Crippen molar-refractivity contribution in [3.05, 3.63) is 34.7 Å². The summed E-state index contributed by atoms with van der Waals surface area (Å²) in [6, 6.07) is 7.26. The zero-order chi connectivity index (χ0) is 8.10. The summed E-state index contributed by atoms with van der Waals surface area (Å²) in [7, 11) is 1.81. The fraction of sp³-hybridized carbons (Fsp3) is 0.143. The summed E-state index contributed by atoms with van der Waals surface area (Å²) in [5.74, 6) is 0. The topological polar surface area (TPSA) is 60.8 Å². The summed E-state index contributed by atoms with van der Waals surface area (Å²) in [4.78, 5) is 2.68. The number of nitrogens with zero attached hydrogens (tertiary/aromatic N) is 3. The quantitative estimate of drug-likeness (QED) is 0.391. The molecule has 4 heteroatoms. The average molecular weight is 148 g/mol. The first-order valence-electron chi connectivity index (χ1n) is 3.19. The molecule has 1 aromatic rings. The molecule has 0 aromatic heterocycles. The number of anilines is 1. The van der Waals surface area contributed by atoms with Crippen molar-refractivity contribution in [2.45, 2.75) is 0 Å². The van der Waals surface area contributed by atoms with E-state index in [0.29, 0.717) is 5.69 Å². The lowest BCUT2D eigenvalue weighted by Crippen LogP contribution is -1.85. The van der Waals surface area contributed by atoms with Gasteiger partial charge in [0, 0.05) is 23.3 Å². The second-order valence-electron chi connectivity index (χ2n) is 1.99. The van der Waals surface area contributed by atoms with Crippen LogP contribution in [0, 0.1) is 0 Å². The average Bonchev–Trinajstić information content (AvgIpc) is 2.06. The third-order valence-corrected chi connectivity index (χ3v) is 1.30. The van der Waals surface area contributed by atoms with Gasteiger partial charge in [0.2, 0.25) is 0 Å². The fourth-order valence-corrected chi connectivity index (χ4v) is 0.775. The van der Waals surface area contributed by atoms with Crippen LogP contribution in [0.2, 0.25) is 0 Å². The standard InChI is InChI=1S/C7H8N4/c1-9-6-3-2-4-7(5-6)10-11-8/h2-5,9H,1H3. The minimum atomic E-state index is 0.624. The van der Waals surface area contributed by atoms with Gasteiger partial charge in [0.25, 0.3) is 0 Å². The van der Waals surface area contributed by atoms with Crippen LogP contribution in [0.1, 0.15) is 0 Å². The van der Waals surface area contributed by atoms with E-state index in [-0.39, 0.29) is 0 Å². The molecule has 0 atom stereocenters. The molecule has 0 saturated heterocycles. The number of rotatable bonds is 2.